The largest absolute Gasteiger partial charge is 0.299 e. The molecule has 3 rings (SSSR count). The van der Waals surface area contributed by atoms with Gasteiger partial charge in [-0.05, 0) is 30.3 Å². The van der Waals surface area contributed by atoms with Gasteiger partial charge in [0.15, 0.2) is 0 Å². The molecule has 0 aliphatic carbocycles. The fraction of sp³-hybridized carbons (Fsp3) is 0.0714. The van der Waals surface area contributed by atoms with Crippen LogP contribution in [0.5, 0.6) is 0 Å². The van der Waals surface area contributed by atoms with Crippen molar-refractivity contribution < 1.29 is 14.0 Å². The Morgan fingerprint density at radius 3 is 2.75 bits per heavy atom. The third-order valence-electron chi connectivity index (χ3n) is 3.03. The molecule has 0 radical (unpaired) electrons. The Kier molecular flexibility index (Phi) is 2.99. The number of halogens is 2. The quantitative estimate of drug-likeness (QED) is 0.799. The summed E-state index contributed by atoms with van der Waals surface area (Å²) in [6, 6.07) is 6.84. The number of fused-ring (bicyclic) bond motifs is 1. The summed E-state index contributed by atoms with van der Waals surface area (Å²) in [5.74, 6) is -1.83. The van der Waals surface area contributed by atoms with Gasteiger partial charge in [0.2, 0.25) is 0 Å². The van der Waals surface area contributed by atoms with Gasteiger partial charge >= 0.3 is 0 Å². The number of carbonyl (C=O) groups is 2. The first-order chi connectivity index (χ1) is 9.56. The molecule has 1 aliphatic heterocycles. The molecule has 0 saturated carbocycles. The van der Waals surface area contributed by atoms with Gasteiger partial charge in [0.25, 0.3) is 11.7 Å². The average Bonchev–Trinajstić information content (AvgIpc) is 2.64. The summed E-state index contributed by atoms with van der Waals surface area (Å²) in [6.45, 7) is 0.0710. The SMILES string of the molecule is O=C1C(=O)N(Cc2cc(Cl)ccn2)c2cc(F)ccc21. The van der Waals surface area contributed by atoms with E-state index in [4.69, 9.17) is 11.6 Å². The second-order valence-corrected chi connectivity index (χ2v) is 4.78. The average molecular weight is 291 g/mol. The fourth-order valence-electron chi connectivity index (χ4n) is 2.12. The third kappa shape index (κ3) is 2.06. The highest BCUT2D eigenvalue weighted by Gasteiger charge is 2.36. The van der Waals surface area contributed by atoms with Crippen molar-refractivity contribution in [1.29, 1.82) is 0 Å². The van der Waals surface area contributed by atoms with Gasteiger partial charge in [-0.25, -0.2) is 4.39 Å². The highest BCUT2D eigenvalue weighted by atomic mass is 35.5. The fourth-order valence-corrected chi connectivity index (χ4v) is 2.30. The van der Waals surface area contributed by atoms with Crippen LogP contribution in [0.3, 0.4) is 0 Å². The summed E-state index contributed by atoms with van der Waals surface area (Å²) in [7, 11) is 0. The number of Topliss-reactive ketones (excluding diaryl/α,β-unsaturated/α-hetero) is 1. The molecule has 4 nitrogen and oxygen atoms in total. The Hall–Kier alpha value is -2.27. The lowest BCUT2D eigenvalue weighted by atomic mass is 10.1. The van der Waals surface area contributed by atoms with Crippen LogP contribution >= 0.6 is 11.6 Å². The molecule has 2 heterocycles. The monoisotopic (exact) mass is 290 g/mol. The molecule has 0 fully saturated rings. The number of pyridine rings is 1. The zero-order valence-corrected chi connectivity index (χ0v) is 10.9. The number of rotatable bonds is 2. The first kappa shape index (κ1) is 12.7. The molecule has 0 saturated heterocycles. The highest BCUT2D eigenvalue weighted by molar-refractivity contribution is 6.52. The summed E-state index contributed by atoms with van der Waals surface area (Å²) in [5, 5.41) is 0.479. The van der Waals surface area contributed by atoms with E-state index < -0.39 is 17.5 Å². The maximum atomic E-state index is 13.3. The van der Waals surface area contributed by atoms with E-state index in [1.807, 2.05) is 0 Å². The van der Waals surface area contributed by atoms with Gasteiger partial charge < -0.3 is 0 Å². The Balaban J connectivity index is 2.01. The molecular weight excluding hydrogens is 283 g/mol. The number of hydrogen-bond donors (Lipinski definition) is 0. The van der Waals surface area contributed by atoms with Gasteiger partial charge in [0.05, 0.1) is 23.5 Å². The Morgan fingerprint density at radius 1 is 1.20 bits per heavy atom. The van der Waals surface area contributed by atoms with Crippen LogP contribution in [0.4, 0.5) is 10.1 Å². The number of amides is 1. The van der Waals surface area contributed by atoms with Crippen molar-refractivity contribution in [3.05, 3.63) is 58.6 Å². The number of benzene rings is 1. The minimum atomic E-state index is -0.688. The van der Waals surface area contributed by atoms with Crippen LogP contribution in [0.25, 0.3) is 0 Å². The van der Waals surface area contributed by atoms with E-state index in [-0.39, 0.29) is 17.8 Å². The maximum Gasteiger partial charge on any atom is 0.299 e. The van der Waals surface area contributed by atoms with Crippen molar-refractivity contribution in [1.82, 2.24) is 4.98 Å². The predicted octanol–water partition coefficient (Wildman–Crippen LogP) is 2.60. The Bertz CT molecular complexity index is 733. The molecule has 6 heteroatoms. The van der Waals surface area contributed by atoms with Gasteiger partial charge in [-0.3, -0.25) is 19.5 Å². The molecule has 0 spiro atoms. The minimum Gasteiger partial charge on any atom is -0.299 e. The third-order valence-corrected chi connectivity index (χ3v) is 3.27. The van der Waals surface area contributed by atoms with Crippen molar-refractivity contribution in [3.63, 3.8) is 0 Å². The number of aromatic nitrogens is 1. The molecule has 1 aliphatic rings. The molecule has 0 bridgehead atoms. The van der Waals surface area contributed by atoms with Crippen LogP contribution in [0.15, 0.2) is 36.5 Å². The summed E-state index contributed by atoms with van der Waals surface area (Å²) >= 11 is 5.85. The van der Waals surface area contributed by atoms with E-state index in [0.29, 0.717) is 10.7 Å². The van der Waals surface area contributed by atoms with E-state index in [9.17, 15) is 14.0 Å². The lowest BCUT2D eigenvalue weighted by Crippen LogP contribution is -2.29. The zero-order chi connectivity index (χ0) is 14.3. The van der Waals surface area contributed by atoms with Crippen molar-refractivity contribution in [2.24, 2.45) is 0 Å². The summed E-state index contributed by atoms with van der Waals surface area (Å²) in [5.41, 5.74) is 0.996. The van der Waals surface area contributed by atoms with Crippen LogP contribution in [-0.2, 0) is 11.3 Å². The van der Waals surface area contributed by atoms with Gasteiger partial charge in [0.1, 0.15) is 5.82 Å². The van der Waals surface area contributed by atoms with Crippen LogP contribution < -0.4 is 4.90 Å². The van der Waals surface area contributed by atoms with E-state index in [1.165, 1.54) is 23.2 Å². The van der Waals surface area contributed by atoms with E-state index in [0.717, 1.165) is 6.07 Å². The summed E-state index contributed by atoms with van der Waals surface area (Å²) in [4.78, 5) is 29.1. The number of anilines is 1. The number of hydrogen-bond acceptors (Lipinski definition) is 3. The van der Waals surface area contributed by atoms with Crippen LogP contribution in [0, 0.1) is 5.82 Å². The van der Waals surface area contributed by atoms with Crippen molar-refractivity contribution in [2.45, 2.75) is 6.54 Å². The van der Waals surface area contributed by atoms with Crippen molar-refractivity contribution in [3.8, 4) is 0 Å². The first-order valence-electron chi connectivity index (χ1n) is 5.82. The topological polar surface area (TPSA) is 50.3 Å². The Labute approximate surface area is 118 Å². The number of nitrogens with zero attached hydrogens (tertiary/aromatic N) is 2. The molecule has 0 atom stereocenters. The second kappa shape index (κ2) is 4.68. The molecule has 0 N–H and O–H groups in total. The molecule has 2 aromatic rings. The van der Waals surface area contributed by atoms with E-state index in [2.05, 4.69) is 4.98 Å². The number of carbonyl (C=O) groups excluding carboxylic acids is 2. The van der Waals surface area contributed by atoms with Crippen LogP contribution in [0.2, 0.25) is 5.02 Å². The normalized spacial score (nSPS) is 13.8. The van der Waals surface area contributed by atoms with Crippen LogP contribution in [0.1, 0.15) is 16.1 Å². The second-order valence-electron chi connectivity index (χ2n) is 4.35. The smallest absolute Gasteiger partial charge is 0.299 e. The molecule has 1 amide bonds. The predicted molar refractivity (Wildman–Crippen MR) is 71.2 cm³/mol. The summed E-state index contributed by atoms with van der Waals surface area (Å²) < 4.78 is 13.3. The molecule has 1 aromatic heterocycles. The van der Waals surface area contributed by atoms with Gasteiger partial charge in [-0.1, -0.05) is 11.6 Å². The molecular formula is C14H8ClFN2O2. The first-order valence-corrected chi connectivity index (χ1v) is 6.20. The van der Waals surface area contributed by atoms with E-state index >= 15 is 0 Å². The maximum absolute atomic E-state index is 13.3. The molecule has 20 heavy (non-hydrogen) atoms. The number of ketones is 1. The molecule has 100 valence electrons. The molecule has 0 unspecified atom stereocenters. The van der Waals surface area contributed by atoms with Gasteiger partial charge in [0, 0.05) is 11.2 Å². The zero-order valence-electron chi connectivity index (χ0n) is 10.1. The lowest BCUT2D eigenvalue weighted by Gasteiger charge is -2.16. The molecule has 1 aromatic carbocycles. The van der Waals surface area contributed by atoms with Gasteiger partial charge in [-0.15, -0.1) is 0 Å². The Morgan fingerprint density at radius 2 is 2.00 bits per heavy atom. The highest BCUT2D eigenvalue weighted by Crippen LogP contribution is 2.30. The van der Waals surface area contributed by atoms with Crippen molar-refractivity contribution >= 4 is 29.0 Å². The van der Waals surface area contributed by atoms with Crippen molar-refractivity contribution in [2.75, 3.05) is 4.90 Å². The van der Waals surface area contributed by atoms with E-state index in [1.54, 1.807) is 12.1 Å². The standard InChI is InChI=1S/C14H8ClFN2O2/c15-8-3-4-17-10(5-8)7-18-12-6-9(16)1-2-11(12)13(19)14(18)20/h1-6H,7H2. The lowest BCUT2D eigenvalue weighted by molar-refractivity contribution is -0.114. The summed E-state index contributed by atoms with van der Waals surface area (Å²) in [6.07, 6.45) is 1.51. The van der Waals surface area contributed by atoms with Crippen LogP contribution in [-0.4, -0.2) is 16.7 Å². The van der Waals surface area contributed by atoms with Gasteiger partial charge in [-0.2, -0.15) is 0 Å². The minimum absolute atomic E-state index is 0.0710.